The van der Waals surface area contributed by atoms with E-state index < -0.39 is 0 Å². The Morgan fingerprint density at radius 2 is 1.89 bits per heavy atom. The van der Waals surface area contributed by atoms with E-state index in [2.05, 4.69) is 40.5 Å². The first-order valence-corrected chi connectivity index (χ1v) is 10.8. The second-order valence-electron chi connectivity index (χ2n) is 9.46. The highest BCUT2D eigenvalue weighted by Crippen LogP contribution is 2.59. The molecule has 0 radical (unpaired) electrons. The van der Waals surface area contributed by atoms with Crippen LogP contribution in [-0.2, 0) is 4.74 Å². The molecule has 2 aliphatic carbocycles. The van der Waals surface area contributed by atoms with Crippen LogP contribution in [0.25, 0.3) is 11.3 Å². The van der Waals surface area contributed by atoms with Crippen molar-refractivity contribution in [3.63, 3.8) is 0 Å². The minimum atomic E-state index is 0.367. The molecule has 6 rings (SSSR count). The smallest absolute Gasteiger partial charge is 0.126 e. The number of aromatic nitrogens is 3. The quantitative estimate of drug-likeness (QED) is 0.865. The third-order valence-corrected chi connectivity index (χ3v) is 7.22. The summed E-state index contributed by atoms with van der Waals surface area (Å²) in [6.45, 7) is 8.74. The lowest BCUT2D eigenvalue weighted by Gasteiger charge is -2.35. The lowest BCUT2D eigenvalue weighted by Crippen LogP contribution is -2.48. The Labute approximate surface area is 166 Å². The number of nitrogens with two attached hydrogens (primary N) is 1. The summed E-state index contributed by atoms with van der Waals surface area (Å²) < 4.78 is 7.63. The van der Waals surface area contributed by atoms with Crippen LogP contribution in [0.15, 0.2) is 18.3 Å². The molecule has 2 saturated carbocycles. The maximum atomic E-state index is 6.12. The number of hydrogen-bond acceptors (Lipinski definition) is 5. The molecule has 2 unspecified atom stereocenters. The summed E-state index contributed by atoms with van der Waals surface area (Å²) in [4.78, 5) is 7.11. The zero-order valence-corrected chi connectivity index (χ0v) is 16.7. The molecule has 6 heteroatoms. The van der Waals surface area contributed by atoms with Gasteiger partial charge in [0.25, 0.3) is 0 Å². The number of anilines is 1. The van der Waals surface area contributed by atoms with Crippen molar-refractivity contribution < 1.29 is 4.74 Å². The molecule has 0 amide bonds. The third-order valence-electron chi connectivity index (χ3n) is 7.22. The van der Waals surface area contributed by atoms with Crippen LogP contribution in [-0.4, -0.2) is 52.0 Å². The van der Waals surface area contributed by atoms with Crippen molar-refractivity contribution in [2.45, 2.75) is 50.6 Å². The SMILES string of the molecule is CC(C)n1nc(-c2cnc(N)c(C3CC3)c2)cc1C1C2CN(C3COC3)CC21. The van der Waals surface area contributed by atoms with E-state index in [1.165, 1.54) is 37.2 Å². The van der Waals surface area contributed by atoms with Gasteiger partial charge in [-0.05, 0) is 62.1 Å². The molecule has 2 N–H and O–H groups in total. The Morgan fingerprint density at radius 1 is 1.14 bits per heavy atom. The molecule has 4 fully saturated rings. The summed E-state index contributed by atoms with van der Waals surface area (Å²) in [7, 11) is 0. The first-order chi connectivity index (χ1) is 13.6. The topological polar surface area (TPSA) is 69.2 Å². The number of fused-ring (bicyclic) bond motifs is 1. The number of rotatable bonds is 5. The van der Waals surface area contributed by atoms with Crippen molar-refractivity contribution in [2.24, 2.45) is 11.8 Å². The average Bonchev–Trinajstić information content (AvgIpc) is 3.49. The van der Waals surface area contributed by atoms with E-state index in [0.717, 1.165) is 36.3 Å². The van der Waals surface area contributed by atoms with Gasteiger partial charge in [0, 0.05) is 42.5 Å². The number of nitrogens with zero attached hydrogens (tertiary/aromatic N) is 4. The third kappa shape index (κ3) is 2.61. The van der Waals surface area contributed by atoms with Crippen molar-refractivity contribution in [1.29, 1.82) is 0 Å². The van der Waals surface area contributed by atoms with Gasteiger partial charge in [-0.1, -0.05) is 0 Å². The Kier molecular flexibility index (Phi) is 3.66. The van der Waals surface area contributed by atoms with E-state index in [1.54, 1.807) is 0 Å². The van der Waals surface area contributed by atoms with Gasteiger partial charge in [-0.2, -0.15) is 5.10 Å². The fourth-order valence-corrected chi connectivity index (χ4v) is 5.30. The van der Waals surface area contributed by atoms with E-state index in [1.807, 2.05) is 6.20 Å². The number of pyridine rings is 1. The molecular formula is C22H29N5O. The highest BCUT2D eigenvalue weighted by atomic mass is 16.5. The lowest BCUT2D eigenvalue weighted by atomic mass is 10.1. The monoisotopic (exact) mass is 379 g/mol. The Morgan fingerprint density at radius 3 is 2.50 bits per heavy atom. The number of piperidine rings is 1. The minimum absolute atomic E-state index is 0.367. The maximum absolute atomic E-state index is 6.12. The van der Waals surface area contributed by atoms with Gasteiger partial charge in [0.2, 0.25) is 0 Å². The number of ether oxygens (including phenoxy) is 1. The Bertz CT molecular complexity index is 902. The van der Waals surface area contributed by atoms with Crippen LogP contribution in [0, 0.1) is 11.8 Å². The van der Waals surface area contributed by atoms with E-state index >= 15 is 0 Å². The largest absolute Gasteiger partial charge is 0.383 e. The maximum Gasteiger partial charge on any atom is 0.126 e. The van der Waals surface area contributed by atoms with Gasteiger partial charge >= 0.3 is 0 Å². The normalized spacial score (nSPS) is 29.9. The molecule has 2 atom stereocenters. The molecule has 2 aromatic heterocycles. The summed E-state index contributed by atoms with van der Waals surface area (Å²) >= 11 is 0. The second-order valence-corrected chi connectivity index (χ2v) is 9.46. The zero-order valence-electron chi connectivity index (χ0n) is 16.7. The molecule has 0 bridgehead atoms. The first-order valence-electron chi connectivity index (χ1n) is 10.8. The van der Waals surface area contributed by atoms with Crippen LogP contribution in [0.2, 0.25) is 0 Å². The number of likely N-dealkylation sites (tertiary alicyclic amines) is 1. The standard InChI is InChI=1S/C22H29N5O/c1-12(2)27-20(21-17-8-26(9-18(17)21)15-10-28-11-15)6-19(25-27)14-5-16(13-3-4-13)22(23)24-7-14/h5-7,12-13,15,17-18,21H,3-4,8-11H2,1-2H3,(H2,23,24). The van der Waals surface area contributed by atoms with Crippen LogP contribution < -0.4 is 5.73 Å². The summed E-state index contributed by atoms with van der Waals surface area (Å²) in [6.07, 6.45) is 4.36. The summed E-state index contributed by atoms with van der Waals surface area (Å²) in [6, 6.07) is 5.58. The van der Waals surface area contributed by atoms with Crippen LogP contribution in [0.1, 0.15) is 55.8 Å². The van der Waals surface area contributed by atoms with E-state index in [9.17, 15) is 0 Å². The van der Waals surface area contributed by atoms with Gasteiger partial charge in [0.05, 0.1) is 24.9 Å². The molecule has 2 aliphatic heterocycles. The summed E-state index contributed by atoms with van der Waals surface area (Å²) in [5.41, 5.74) is 10.9. The van der Waals surface area contributed by atoms with E-state index in [0.29, 0.717) is 29.7 Å². The predicted molar refractivity (Wildman–Crippen MR) is 108 cm³/mol. The van der Waals surface area contributed by atoms with Crippen LogP contribution in [0.3, 0.4) is 0 Å². The van der Waals surface area contributed by atoms with Gasteiger partial charge in [0.1, 0.15) is 5.82 Å². The zero-order chi connectivity index (χ0) is 19.0. The van der Waals surface area contributed by atoms with E-state index in [-0.39, 0.29) is 0 Å². The second kappa shape index (κ2) is 6.04. The highest BCUT2D eigenvalue weighted by Gasteiger charge is 2.58. The van der Waals surface area contributed by atoms with Crippen molar-refractivity contribution in [3.05, 3.63) is 29.6 Å². The fourth-order valence-electron chi connectivity index (χ4n) is 5.30. The van der Waals surface area contributed by atoms with Gasteiger partial charge in [-0.25, -0.2) is 4.98 Å². The minimum Gasteiger partial charge on any atom is -0.383 e. The molecule has 0 aromatic carbocycles. The molecule has 6 nitrogen and oxygen atoms in total. The molecule has 28 heavy (non-hydrogen) atoms. The lowest BCUT2D eigenvalue weighted by molar-refractivity contribution is -0.0610. The van der Waals surface area contributed by atoms with Crippen LogP contribution in [0.5, 0.6) is 0 Å². The predicted octanol–water partition coefficient (Wildman–Crippen LogP) is 3.03. The van der Waals surface area contributed by atoms with E-state index in [4.69, 9.17) is 15.6 Å². The number of hydrogen-bond donors (Lipinski definition) is 1. The van der Waals surface area contributed by atoms with Crippen molar-refractivity contribution in [3.8, 4) is 11.3 Å². The van der Waals surface area contributed by atoms with Crippen molar-refractivity contribution in [1.82, 2.24) is 19.7 Å². The first kappa shape index (κ1) is 17.0. The Hall–Kier alpha value is -1.92. The van der Waals surface area contributed by atoms with Gasteiger partial charge in [-0.15, -0.1) is 0 Å². The molecule has 2 aromatic rings. The molecular weight excluding hydrogens is 350 g/mol. The van der Waals surface area contributed by atoms with Crippen molar-refractivity contribution >= 4 is 5.82 Å². The van der Waals surface area contributed by atoms with Gasteiger partial charge < -0.3 is 10.5 Å². The van der Waals surface area contributed by atoms with Crippen LogP contribution in [0.4, 0.5) is 5.82 Å². The van der Waals surface area contributed by atoms with Gasteiger partial charge in [-0.3, -0.25) is 9.58 Å². The highest BCUT2D eigenvalue weighted by molar-refractivity contribution is 5.63. The summed E-state index contributed by atoms with van der Waals surface area (Å²) in [5.74, 6) is 3.52. The Balaban J connectivity index is 1.28. The summed E-state index contributed by atoms with van der Waals surface area (Å²) in [5, 5.41) is 5.00. The molecule has 0 spiro atoms. The van der Waals surface area contributed by atoms with Crippen molar-refractivity contribution in [2.75, 3.05) is 32.0 Å². The van der Waals surface area contributed by atoms with Gasteiger partial charge in [0.15, 0.2) is 0 Å². The molecule has 2 saturated heterocycles. The molecule has 4 heterocycles. The molecule has 4 aliphatic rings. The fraction of sp³-hybridized carbons (Fsp3) is 0.636. The molecule has 148 valence electrons. The number of nitrogen functional groups attached to an aromatic ring is 1. The van der Waals surface area contributed by atoms with Crippen LogP contribution >= 0.6 is 0 Å². The average molecular weight is 380 g/mol.